The summed E-state index contributed by atoms with van der Waals surface area (Å²) in [6.07, 6.45) is 7.46. The highest BCUT2D eigenvalue weighted by Crippen LogP contribution is 2.32. The van der Waals surface area contributed by atoms with Crippen LogP contribution in [0.5, 0.6) is 11.5 Å². The van der Waals surface area contributed by atoms with Crippen molar-refractivity contribution in [3.63, 3.8) is 0 Å². The van der Waals surface area contributed by atoms with E-state index in [1.54, 1.807) is 38.5 Å². The average molecular weight is 514 g/mol. The Labute approximate surface area is 218 Å². The zero-order chi connectivity index (χ0) is 25.7. The summed E-state index contributed by atoms with van der Waals surface area (Å²) in [5.74, 6) is 1.09. The maximum atomic E-state index is 13.8. The van der Waals surface area contributed by atoms with E-state index in [2.05, 4.69) is 5.32 Å². The standard InChI is InChI=1S/C28H36ClN3O4/c1-35-25-14-7-19(16-26(25)36-2)28(34)32(23-11-8-21(30)9-12-23)17-20-15-22(10-13-24(20)29)31-27(33)18-5-3-4-6-18/h7,10,13-16,18,21,23H,3-6,8-9,11-12,17,30H2,1-2H3,(H,31,33). The van der Waals surface area contributed by atoms with Crippen molar-refractivity contribution in [2.24, 2.45) is 11.7 Å². The number of amides is 2. The number of nitrogens with one attached hydrogen (secondary N) is 1. The summed E-state index contributed by atoms with van der Waals surface area (Å²) < 4.78 is 10.8. The summed E-state index contributed by atoms with van der Waals surface area (Å²) in [6.45, 7) is 0.332. The Hall–Kier alpha value is -2.77. The van der Waals surface area contributed by atoms with Crippen LogP contribution in [0.25, 0.3) is 0 Å². The first-order valence-corrected chi connectivity index (χ1v) is 13.1. The largest absolute Gasteiger partial charge is 0.493 e. The van der Waals surface area contributed by atoms with Crippen LogP contribution in [0.2, 0.25) is 5.02 Å². The molecule has 0 bridgehead atoms. The van der Waals surface area contributed by atoms with Crippen LogP contribution < -0.4 is 20.5 Å². The first-order valence-electron chi connectivity index (χ1n) is 12.8. The van der Waals surface area contributed by atoms with Crippen molar-refractivity contribution in [1.29, 1.82) is 0 Å². The van der Waals surface area contributed by atoms with E-state index in [4.69, 9.17) is 26.8 Å². The van der Waals surface area contributed by atoms with E-state index in [1.807, 2.05) is 17.0 Å². The van der Waals surface area contributed by atoms with Crippen molar-refractivity contribution in [3.8, 4) is 11.5 Å². The van der Waals surface area contributed by atoms with E-state index < -0.39 is 0 Å². The van der Waals surface area contributed by atoms with E-state index in [1.165, 1.54) is 0 Å². The SMILES string of the molecule is COc1ccc(C(=O)N(Cc2cc(NC(=O)C3CCCC3)ccc2Cl)C2CCC(N)CC2)cc1OC. The third-order valence-electron chi connectivity index (χ3n) is 7.45. The minimum atomic E-state index is -0.104. The maximum absolute atomic E-state index is 13.8. The number of carbonyl (C=O) groups excluding carboxylic acids is 2. The van der Waals surface area contributed by atoms with Gasteiger partial charge in [-0.25, -0.2) is 0 Å². The lowest BCUT2D eigenvalue weighted by atomic mass is 9.90. The van der Waals surface area contributed by atoms with Gasteiger partial charge in [0.05, 0.1) is 14.2 Å². The minimum Gasteiger partial charge on any atom is -0.493 e. The summed E-state index contributed by atoms with van der Waals surface area (Å²) in [5, 5.41) is 3.61. The van der Waals surface area contributed by atoms with Gasteiger partial charge in [0.15, 0.2) is 11.5 Å². The molecule has 2 aliphatic carbocycles. The predicted molar refractivity (Wildman–Crippen MR) is 142 cm³/mol. The molecule has 0 spiro atoms. The van der Waals surface area contributed by atoms with Crippen LogP contribution in [0.3, 0.4) is 0 Å². The van der Waals surface area contributed by atoms with Gasteiger partial charge in [-0.1, -0.05) is 24.4 Å². The van der Waals surface area contributed by atoms with Crippen LogP contribution >= 0.6 is 11.6 Å². The molecule has 2 amide bonds. The van der Waals surface area contributed by atoms with Crippen molar-refractivity contribution in [2.75, 3.05) is 19.5 Å². The number of methoxy groups -OCH3 is 2. The minimum absolute atomic E-state index is 0.0400. The van der Waals surface area contributed by atoms with Gasteiger partial charge in [-0.3, -0.25) is 9.59 Å². The molecule has 3 N–H and O–H groups in total. The number of benzene rings is 2. The smallest absolute Gasteiger partial charge is 0.254 e. The van der Waals surface area contributed by atoms with E-state index in [0.29, 0.717) is 34.3 Å². The number of nitrogens with two attached hydrogens (primary N) is 1. The Morgan fingerprint density at radius 1 is 0.972 bits per heavy atom. The lowest BCUT2D eigenvalue weighted by molar-refractivity contribution is -0.119. The van der Waals surface area contributed by atoms with Crippen LogP contribution in [-0.2, 0) is 11.3 Å². The van der Waals surface area contributed by atoms with Gasteiger partial charge in [0.2, 0.25) is 5.91 Å². The highest BCUT2D eigenvalue weighted by atomic mass is 35.5. The first kappa shape index (κ1) is 26.3. The number of anilines is 1. The van der Waals surface area contributed by atoms with Crippen LogP contribution in [0.1, 0.15) is 67.3 Å². The van der Waals surface area contributed by atoms with E-state index in [-0.39, 0.29) is 29.8 Å². The zero-order valence-corrected chi connectivity index (χ0v) is 21.9. The van der Waals surface area contributed by atoms with Gasteiger partial charge in [-0.2, -0.15) is 0 Å². The Bertz CT molecular complexity index is 1080. The number of hydrogen-bond donors (Lipinski definition) is 2. The molecule has 0 atom stereocenters. The Balaban J connectivity index is 1.59. The third-order valence-corrected chi connectivity index (χ3v) is 7.82. The normalized spacial score (nSPS) is 20.1. The van der Waals surface area contributed by atoms with Gasteiger partial charge in [0.25, 0.3) is 5.91 Å². The van der Waals surface area contributed by atoms with Gasteiger partial charge in [0.1, 0.15) is 0 Å². The highest BCUT2D eigenvalue weighted by molar-refractivity contribution is 6.31. The summed E-state index contributed by atoms with van der Waals surface area (Å²) in [4.78, 5) is 28.4. The van der Waals surface area contributed by atoms with Gasteiger partial charge in [-0.15, -0.1) is 0 Å². The van der Waals surface area contributed by atoms with Crippen LogP contribution in [0.4, 0.5) is 5.69 Å². The molecule has 0 aliphatic heterocycles. The topological polar surface area (TPSA) is 93.9 Å². The van der Waals surface area contributed by atoms with Crippen LogP contribution in [0, 0.1) is 5.92 Å². The fraction of sp³-hybridized carbons (Fsp3) is 0.500. The molecule has 2 aromatic carbocycles. The molecule has 0 unspecified atom stereocenters. The molecule has 0 radical (unpaired) electrons. The second kappa shape index (κ2) is 12.0. The number of halogens is 1. The van der Waals surface area contributed by atoms with Crippen molar-refractivity contribution < 1.29 is 19.1 Å². The quantitative estimate of drug-likeness (QED) is 0.493. The van der Waals surface area contributed by atoms with E-state index in [0.717, 1.165) is 56.9 Å². The fourth-order valence-corrected chi connectivity index (χ4v) is 5.48. The maximum Gasteiger partial charge on any atom is 0.254 e. The Kier molecular flexibility index (Phi) is 8.75. The van der Waals surface area contributed by atoms with Crippen LogP contribution in [-0.4, -0.2) is 43.0 Å². The lowest BCUT2D eigenvalue weighted by Gasteiger charge is -2.36. The molecule has 0 aromatic heterocycles. The molecule has 194 valence electrons. The lowest BCUT2D eigenvalue weighted by Crippen LogP contribution is -2.44. The molecular weight excluding hydrogens is 478 g/mol. The van der Waals surface area contributed by atoms with Gasteiger partial charge in [0, 0.05) is 40.8 Å². The number of nitrogens with zero attached hydrogens (tertiary/aromatic N) is 1. The molecule has 2 aliphatic rings. The number of hydrogen-bond acceptors (Lipinski definition) is 5. The van der Waals surface area contributed by atoms with Crippen molar-refractivity contribution in [1.82, 2.24) is 4.90 Å². The fourth-order valence-electron chi connectivity index (χ4n) is 5.30. The molecule has 2 fully saturated rings. The number of carbonyl (C=O) groups is 2. The molecule has 7 nitrogen and oxygen atoms in total. The first-order chi connectivity index (χ1) is 17.4. The summed E-state index contributed by atoms with van der Waals surface area (Å²) in [5.41, 5.74) is 8.17. The zero-order valence-electron chi connectivity index (χ0n) is 21.1. The number of rotatable bonds is 8. The summed E-state index contributed by atoms with van der Waals surface area (Å²) in [6, 6.07) is 10.9. The van der Waals surface area contributed by atoms with Crippen molar-refractivity contribution in [3.05, 3.63) is 52.5 Å². The Morgan fingerprint density at radius 2 is 1.67 bits per heavy atom. The third kappa shape index (κ3) is 6.13. The average Bonchev–Trinajstić information content (AvgIpc) is 3.44. The van der Waals surface area contributed by atoms with Crippen molar-refractivity contribution >= 4 is 29.1 Å². The van der Waals surface area contributed by atoms with E-state index in [9.17, 15) is 9.59 Å². The van der Waals surface area contributed by atoms with Gasteiger partial charge in [-0.05, 0) is 80.5 Å². The monoisotopic (exact) mass is 513 g/mol. The van der Waals surface area contributed by atoms with Crippen LogP contribution in [0.15, 0.2) is 36.4 Å². The van der Waals surface area contributed by atoms with Crippen molar-refractivity contribution in [2.45, 2.75) is 70.0 Å². The second-order valence-electron chi connectivity index (χ2n) is 9.85. The Morgan fingerprint density at radius 3 is 2.33 bits per heavy atom. The van der Waals surface area contributed by atoms with E-state index >= 15 is 0 Å². The molecule has 36 heavy (non-hydrogen) atoms. The number of ether oxygens (including phenoxy) is 2. The molecular formula is C28H36ClN3O4. The van der Waals surface area contributed by atoms with Gasteiger partial charge >= 0.3 is 0 Å². The molecule has 2 aromatic rings. The molecule has 4 rings (SSSR count). The molecule has 8 heteroatoms. The second-order valence-corrected chi connectivity index (χ2v) is 10.3. The highest BCUT2D eigenvalue weighted by Gasteiger charge is 2.30. The molecule has 2 saturated carbocycles. The predicted octanol–water partition coefficient (Wildman–Crippen LogP) is 5.40. The summed E-state index contributed by atoms with van der Waals surface area (Å²) >= 11 is 6.60. The molecule has 0 heterocycles. The van der Waals surface area contributed by atoms with Gasteiger partial charge < -0.3 is 25.4 Å². The summed E-state index contributed by atoms with van der Waals surface area (Å²) in [7, 11) is 3.12. The molecule has 0 saturated heterocycles.